The standard InChI is InChI=1S/C25H32N4O6S3/c1-17-15-28(16-18(2)35-17)38(33,34)20-8-6-19(7-9-20)24(30)29(13-12-27(3)4)25-26-22-11-10-21(37(5,31)32)14-23(22)36-25/h6-11,14,17-18H,12-13,15-16H2,1-5H3. The lowest BCUT2D eigenvalue weighted by atomic mass is 10.2. The van der Waals surface area contributed by atoms with Gasteiger partial charge >= 0.3 is 0 Å². The zero-order valence-corrected chi connectivity index (χ0v) is 24.4. The Bertz CT molecular complexity index is 1520. The fourth-order valence-corrected chi connectivity index (χ4v) is 7.57. The molecule has 2 atom stereocenters. The average molecular weight is 581 g/mol. The predicted molar refractivity (Wildman–Crippen MR) is 148 cm³/mol. The number of fused-ring (bicyclic) bond motifs is 1. The number of sulfonamides is 1. The van der Waals surface area contributed by atoms with E-state index in [1.165, 1.54) is 46.0 Å². The van der Waals surface area contributed by atoms with Crippen LogP contribution in [0.1, 0.15) is 24.2 Å². The molecule has 0 aliphatic carbocycles. The highest BCUT2D eigenvalue weighted by Gasteiger charge is 2.32. The fourth-order valence-electron chi connectivity index (χ4n) is 4.22. The van der Waals surface area contributed by atoms with Gasteiger partial charge in [0.2, 0.25) is 10.0 Å². The van der Waals surface area contributed by atoms with Crippen LogP contribution in [0.15, 0.2) is 52.3 Å². The van der Waals surface area contributed by atoms with E-state index in [-0.39, 0.29) is 41.0 Å². The summed E-state index contributed by atoms with van der Waals surface area (Å²) in [5, 5.41) is 0.436. The van der Waals surface area contributed by atoms with E-state index < -0.39 is 19.9 Å². The normalized spacial score (nSPS) is 19.2. The highest BCUT2D eigenvalue weighted by atomic mass is 32.2. The summed E-state index contributed by atoms with van der Waals surface area (Å²) in [5.74, 6) is -0.327. The van der Waals surface area contributed by atoms with Crippen LogP contribution < -0.4 is 4.90 Å². The number of nitrogens with zero attached hydrogens (tertiary/aromatic N) is 4. The number of thiazole rings is 1. The molecule has 13 heteroatoms. The summed E-state index contributed by atoms with van der Waals surface area (Å²) in [6, 6.07) is 10.6. The number of hydrogen-bond donors (Lipinski definition) is 0. The minimum atomic E-state index is -3.74. The molecule has 0 N–H and O–H groups in total. The van der Waals surface area contributed by atoms with Crippen LogP contribution >= 0.6 is 11.3 Å². The molecule has 1 aromatic heterocycles. The SMILES string of the molecule is CC1CN(S(=O)(=O)c2ccc(C(=O)N(CCN(C)C)c3nc4ccc(S(C)(=O)=O)cc4s3)cc2)CC(C)O1. The number of hydrogen-bond acceptors (Lipinski definition) is 9. The fraction of sp³-hybridized carbons (Fsp3) is 0.440. The van der Waals surface area contributed by atoms with Crippen molar-refractivity contribution >= 4 is 52.5 Å². The van der Waals surface area contributed by atoms with Gasteiger partial charge in [0, 0.05) is 38.0 Å². The number of aromatic nitrogens is 1. The molecule has 0 saturated carbocycles. The highest BCUT2D eigenvalue weighted by molar-refractivity contribution is 7.90. The van der Waals surface area contributed by atoms with Crippen LogP contribution in [0.5, 0.6) is 0 Å². The summed E-state index contributed by atoms with van der Waals surface area (Å²) in [7, 11) is -3.33. The Morgan fingerprint density at radius 3 is 2.18 bits per heavy atom. The number of carbonyl (C=O) groups is 1. The van der Waals surface area contributed by atoms with Crippen LogP contribution in [0.25, 0.3) is 10.2 Å². The van der Waals surface area contributed by atoms with Gasteiger partial charge in [0.15, 0.2) is 15.0 Å². The second kappa shape index (κ2) is 11.0. The number of likely N-dealkylation sites (N-methyl/N-ethyl adjacent to an activating group) is 1. The van der Waals surface area contributed by atoms with E-state index in [2.05, 4.69) is 4.98 Å². The maximum Gasteiger partial charge on any atom is 0.260 e. The number of carbonyl (C=O) groups excluding carboxylic acids is 1. The largest absolute Gasteiger partial charge is 0.373 e. The molecular weight excluding hydrogens is 548 g/mol. The van der Waals surface area contributed by atoms with Gasteiger partial charge in [-0.05, 0) is 70.4 Å². The molecule has 0 bridgehead atoms. The molecule has 0 radical (unpaired) electrons. The minimum absolute atomic E-state index is 0.114. The number of benzene rings is 2. The van der Waals surface area contributed by atoms with E-state index in [0.29, 0.717) is 34.0 Å². The number of sulfone groups is 1. The third-order valence-corrected chi connectivity index (χ3v) is 10.1. The Hall–Kier alpha value is -2.42. The molecule has 0 spiro atoms. The molecule has 2 aromatic carbocycles. The van der Waals surface area contributed by atoms with Crippen molar-refractivity contribution in [3.05, 3.63) is 48.0 Å². The molecule has 206 valence electrons. The number of rotatable bonds is 8. The Morgan fingerprint density at radius 1 is 1.00 bits per heavy atom. The number of amides is 1. The van der Waals surface area contributed by atoms with Crippen molar-refractivity contribution in [2.75, 3.05) is 51.4 Å². The third kappa shape index (κ3) is 6.24. The summed E-state index contributed by atoms with van der Waals surface area (Å²) in [5.41, 5.74) is 0.915. The molecular formula is C25H32N4O6S3. The van der Waals surface area contributed by atoms with Crippen LogP contribution in [0, 0.1) is 0 Å². The van der Waals surface area contributed by atoms with Gasteiger partial charge in [-0.25, -0.2) is 21.8 Å². The number of morpholine rings is 1. The first kappa shape index (κ1) is 28.6. The van der Waals surface area contributed by atoms with Gasteiger partial charge < -0.3 is 9.64 Å². The van der Waals surface area contributed by atoms with Crippen molar-refractivity contribution in [2.45, 2.75) is 35.8 Å². The van der Waals surface area contributed by atoms with Crippen molar-refractivity contribution in [3.63, 3.8) is 0 Å². The van der Waals surface area contributed by atoms with Crippen LogP contribution in [0.4, 0.5) is 5.13 Å². The highest BCUT2D eigenvalue weighted by Crippen LogP contribution is 2.32. The molecule has 1 amide bonds. The van der Waals surface area contributed by atoms with E-state index in [0.717, 1.165) is 6.26 Å². The molecule has 10 nitrogen and oxygen atoms in total. The van der Waals surface area contributed by atoms with E-state index in [1.807, 2.05) is 32.8 Å². The van der Waals surface area contributed by atoms with Crippen LogP contribution in [0.3, 0.4) is 0 Å². The van der Waals surface area contributed by atoms with Gasteiger partial charge in [-0.15, -0.1) is 0 Å². The van der Waals surface area contributed by atoms with Gasteiger partial charge in [0.05, 0.1) is 32.2 Å². The van der Waals surface area contributed by atoms with Gasteiger partial charge in [0.1, 0.15) is 0 Å². The minimum Gasteiger partial charge on any atom is -0.373 e. The Morgan fingerprint density at radius 2 is 1.61 bits per heavy atom. The topological polar surface area (TPSA) is 117 Å². The van der Waals surface area contributed by atoms with Gasteiger partial charge in [-0.3, -0.25) is 9.69 Å². The van der Waals surface area contributed by atoms with E-state index in [4.69, 9.17) is 4.74 Å². The molecule has 1 aliphatic heterocycles. The van der Waals surface area contributed by atoms with Crippen molar-refractivity contribution < 1.29 is 26.4 Å². The summed E-state index contributed by atoms with van der Waals surface area (Å²) >= 11 is 1.23. The van der Waals surface area contributed by atoms with Crippen LogP contribution in [-0.4, -0.2) is 95.7 Å². The van der Waals surface area contributed by atoms with Crippen molar-refractivity contribution in [1.29, 1.82) is 0 Å². The van der Waals surface area contributed by atoms with E-state index >= 15 is 0 Å². The molecule has 3 aromatic rings. The summed E-state index contributed by atoms with van der Waals surface area (Å²) in [4.78, 5) is 22.0. The maximum absolute atomic E-state index is 13.6. The Labute approximate surface area is 227 Å². The zero-order chi connectivity index (χ0) is 27.8. The second-order valence-electron chi connectivity index (χ2n) is 9.76. The summed E-state index contributed by atoms with van der Waals surface area (Å²) in [6.45, 7) is 5.12. The van der Waals surface area contributed by atoms with Crippen molar-refractivity contribution in [2.24, 2.45) is 0 Å². The Kier molecular flexibility index (Phi) is 8.26. The van der Waals surface area contributed by atoms with E-state index in [9.17, 15) is 21.6 Å². The first-order chi connectivity index (χ1) is 17.8. The van der Waals surface area contributed by atoms with Crippen LogP contribution in [0.2, 0.25) is 0 Å². The lowest BCUT2D eigenvalue weighted by molar-refractivity contribution is -0.0440. The number of anilines is 1. The lowest BCUT2D eigenvalue weighted by Gasteiger charge is -2.34. The smallest absolute Gasteiger partial charge is 0.260 e. The molecule has 2 unspecified atom stereocenters. The van der Waals surface area contributed by atoms with Crippen molar-refractivity contribution in [3.8, 4) is 0 Å². The Balaban J connectivity index is 1.63. The zero-order valence-electron chi connectivity index (χ0n) is 22.0. The lowest BCUT2D eigenvalue weighted by Crippen LogP contribution is -2.48. The molecule has 1 aliphatic rings. The average Bonchev–Trinajstić information content (AvgIpc) is 3.26. The van der Waals surface area contributed by atoms with Crippen LogP contribution in [-0.2, 0) is 24.6 Å². The van der Waals surface area contributed by atoms with Gasteiger partial charge in [-0.2, -0.15) is 4.31 Å². The quantitative estimate of drug-likeness (QED) is 0.399. The monoisotopic (exact) mass is 580 g/mol. The van der Waals surface area contributed by atoms with Crippen molar-refractivity contribution in [1.82, 2.24) is 14.2 Å². The first-order valence-electron chi connectivity index (χ1n) is 12.1. The summed E-state index contributed by atoms with van der Waals surface area (Å²) < 4.78 is 58.1. The van der Waals surface area contributed by atoms with Gasteiger partial charge in [0.25, 0.3) is 5.91 Å². The molecule has 2 heterocycles. The van der Waals surface area contributed by atoms with E-state index in [1.54, 1.807) is 17.0 Å². The second-order valence-corrected chi connectivity index (χ2v) is 14.7. The molecule has 1 fully saturated rings. The third-order valence-electron chi connectivity index (χ3n) is 6.15. The maximum atomic E-state index is 13.6. The number of ether oxygens (including phenoxy) is 1. The van der Waals surface area contributed by atoms with Gasteiger partial charge in [-0.1, -0.05) is 11.3 Å². The molecule has 4 rings (SSSR count). The molecule has 38 heavy (non-hydrogen) atoms. The molecule has 1 saturated heterocycles. The summed E-state index contributed by atoms with van der Waals surface area (Å²) in [6.07, 6.45) is 0.733. The first-order valence-corrected chi connectivity index (χ1v) is 16.2. The predicted octanol–water partition coefficient (Wildman–Crippen LogP) is 2.71.